The van der Waals surface area contributed by atoms with Crippen LogP contribution in [0.2, 0.25) is 0 Å². The Morgan fingerprint density at radius 2 is 2.04 bits per heavy atom. The first-order valence-corrected chi connectivity index (χ1v) is 10.1. The number of hydrogen-bond acceptors (Lipinski definition) is 6. The van der Waals surface area contributed by atoms with E-state index in [0.717, 1.165) is 21.2 Å². The number of carbonyl (C=O) groups excluding carboxylic acids is 2. The quantitative estimate of drug-likeness (QED) is 0.727. The maximum absolute atomic E-state index is 12.3. The number of thioether (sulfide) groups is 1. The van der Waals surface area contributed by atoms with E-state index in [1.807, 2.05) is 31.2 Å². The van der Waals surface area contributed by atoms with E-state index < -0.39 is 0 Å². The Bertz CT molecular complexity index is 1000. The van der Waals surface area contributed by atoms with E-state index in [1.54, 1.807) is 29.4 Å². The molecular weight excluding hydrogens is 380 g/mol. The van der Waals surface area contributed by atoms with Gasteiger partial charge >= 0.3 is 0 Å². The Morgan fingerprint density at radius 1 is 1.22 bits per heavy atom. The van der Waals surface area contributed by atoms with Crippen LogP contribution in [0.15, 0.2) is 53.8 Å². The number of benzene rings is 1. The van der Waals surface area contributed by atoms with Gasteiger partial charge in [-0.15, -0.1) is 11.3 Å². The second-order valence-electron chi connectivity index (χ2n) is 6.02. The number of aryl methyl sites for hydroxylation is 1. The standard InChI is InChI=1S/C19H16N4O2S2/c1-12-9-21-19(27-12)22-17(25)14-6-4-13(5-7-14)10-23-15-3-2-8-20-18(15)26-11-16(23)24/h2-9H,10-11H2,1H3,(H,21,22,25). The summed E-state index contributed by atoms with van der Waals surface area (Å²) in [5.41, 5.74) is 2.33. The van der Waals surface area contributed by atoms with Gasteiger partial charge in [-0.2, -0.15) is 0 Å². The molecule has 1 N–H and O–H groups in total. The molecule has 1 aliphatic rings. The van der Waals surface area contributed by atoms with Crippen molar-refractivity contribution in [1.82, 2.24) is 9.97 Å². The fourth-order valence-electron chi connectivity index (χ4n) is 2.74. The topological polar surface area (TPSA) is 75.2 Å². The number of fused-ring (bicyclic) bond motifs is 1. The SMILES string of the molecule is Cc1cnc(NC(=O)c2ccc(CN3C(=O)CSc4ncccc43)cc2)s1. The molecule has 0 radical (unpaired) electrons. The molecule has 0 bridgehead atoms. The van der Waals surface area contributed by atoms with Gasteiger partial charge in [0.1, 0.15) is 5.03 Å². The lowest BCUT2D eigenvalue weighted by atomic mass is 10.1. The van der Waals surface area contributed by atoms with Crippen LogP contribution in [0.4, 0.5) is 10.8 Å². The molecule has 0 atom stereocenters. The van der Waals surface area contributed by atoms with Gasteiger partial charge in [0.25, 0.3) is 5.91 Å². The van der Waals surface area contributed by atoms with Crippen molar-refractivity contribution in [3.63, 3.8) is 0 Å². The third-order valence-corrected chi connectivity index (χ3v) is 5.88. The molecule has 3 aromatic rings. The monoisotopic (exact) mass is 396 g/mol. The first kappa shape index (κ1) is 17.7. The maximum Gasteiger partial charge on any atom is 0.257 e. The predicted octanol–water partition coefficient (Wildman–Crippen LogP) is 3.74. The Kier molecular flexibility index (Phi) is 4.91. The number of pyridine rings is 1. The fourth-order valence-corrected chi connectivity index (χ4v) is 4.28. The lowest BCUT2D eigenvalue weighted by Gasteiger charge is -2.28. The highest BCUT2D eigenvalue weighted by atomic mass is 32.2. The molecule has 1 aromatic carbocycles. The summed E-state index contributed by atoms with van der Waals surface area (Å²) >= 11 is 2.90. The van der Waals surface area contributed by atoms with Crippen molar-refractivity contribution in [1.29, 1.82) is 0 Å². The molecule has 136 valence electrons. The number of amides is 2. The number of nitrogens with zero attached hydrogens (tertiary/aromatic N) is 3. The first-order valence-electron chi connectivity index (χ1n) is 8.31. The fraction of sp³-hybridized carbons (Fsp3) is 0.158. The second kappa shape index (κ2) is 7.50. The Labute approximate surface area is 164 Å². The minimum atomic E-state index is -0.198. The van der Waals surface area contributed by atoms with Crippen molar-refractivity contribution in [2.45, 2.75) is 18.5 Å². The van der Waals surface area contributed by atoms with E-state index in [4.69, 9.17) is 0 Å². The summed E-state index contributed by atoms with van der Waals surface area (Å²) in [6.07, 6.45) is 3.46. The number of hydrogen-bond donors (Lipinski definition) is 1. The molecule has 0 saturated carbocycles. The number of aromatic nitrogens is 2. The van der Waals surface area contributed by atoms with Crippen molar-refractivity contribution in [2.24, 2.45) is 0 Å². The Hall–Kier alpha value is -2.71. The normalized spacial score (nSPS) is 13.4. The van der Waals surface area contributed by atoms with Crippen molar-refractivity contribution in [3.8, 4) is 0 Å². The molecule has 4 rings (SSSR count). The van der Waals surface area contributed by atoms with Crippen LogP contribution in [0.25, 0.3) is 0 Å². The Morgan fingerprint density at radius 3 is 2.78 bits per heavy atom. The molecule has 0 spiro atoms. The smallest absolute Gasteiger partial charge is 0.257 e. The van der Waals surface area contributed by atoms with Crippen LogP contribution in [0.5, 0.6) is 0 Å². The zero-order valence-corrected chi connectivity index (χ0v) is 16.1. The lowest BCUT2D eigenvalue weighted by molar-refractivity contribution is -0.116. The first-order chi connectivity index (χ1) is 13.1. The minimum Gasteiger partial charge on any atom is -0.305 e. The number of thiazole rings is 1. The van der Waals surface area contributed by atoms with Crippen LogP contribution in [-0.4, -0.2) is 27.5 Å². The molecule has 2 aromatic heterocycles. The largest absolute Gasteiger partial charge is 0.305 e. The van der Waals surface area contributed by atoms with Gasteiger partial charge in [-0.05, 0) is 36.8 Å². The molecular formula is C19H16N4O2S2. The summed E-state index contributed by atoms with van der Waals surface area (Å²) in [5.74, 6) is 0.245. The van der Waals surface area contributed by atoms with Gasteiger partial charge in [0.15, 0.2) is 5.13 Å². The summed E-state index contributed by atoms with van der Waals surface area (Å²) in [6.45, 7) is 2.39. The van der Waals surface area contributed by atoms with Crippen molar-refractivity contribution < 1.29 is 9.59 Å². The molecule has 8 heteroatoms. The third kappa shape index (κ3) is 3.86. The zero-order valence-electron chi connectivity index (χ0n) is 14.5. The lowest BCUT2D eigenvalue weighted by Crippen LogP contribution is -2.35. The van der Waals surface area contributed by atoms with Gasteiger partial charge in [-0.25, -0.2) is 9.97 Å². The van der Waals surface area contributed by atoms with Gasteiger partial charge in [-0.3, -0.25) is 14.9 Å². The average Bonchev–Trinajstić information content (AvgIpc) is 3.09. The molecule has 0 fully saturated rings. The Balaban J connectivity index is 1.48. The molecule has 6 nitrogen and oxygen atoms in total. The summed E-state index contributed by atoms with van der Waals surface area (Å²) in [4.78, 5) is 35.9. The average molecular weight is 396 g/mol. The van der Waals surface area contributed by atoms with Gasteiger partial charge in [0.2, 0.25) is 5.91 Å². The summed E-state index contributed by atoms with van der Waals surface area (Å²) < 4.78 is 0. The minimum absolute atomic E-state index is 0.0569. The van der Waals surface area contributed by atoms with Crippen LogP contribution in [0.3, 0.4) is 0 Å². The second-order valence-corrected chi connectivity index (χ2v) is 8.22. The highest BCUT2D eigenvalue weighted by Gasteiger charge is 2.25. The van der Waals surface area contributed by atoms with E-state index in [2.05, 4.69) is 15.3 Å². The van der Waals surface area contributed by atoms with E-state index in [1.165, 1.54) is 23.1 Å². The molecule has 3 heterocycles. The van der Waals surface area contributed by atoms with Crippen LogP contribution in [-0.2, 0) is 11.3 Å². The van der Waals surface area contributed by atoms with E-state index >= 15 is 0 Å². The van der Waals surface area contributed by atoms with Gasteiger partial charge in [0, 0.05) is 22.8 Å². The predicted molar refractivity (Wildman–Crippen MR) is 107 cm³/mol. The van der Waals surface area contributed by atoms with Gasteiger partial charge in [0.05, 0.1) is 18.0 Å². The van der Waals surface area contributed by atoms with Crippen LogP contribution < -0.4 is 10.2 Å². The van der Waals surface area contributed by atoms with Crippen LogP contribution in [0, 0.1) is 6.92 Å². The molecule has 0 unspecified atom stereocenters. The van der Waals surface area contributed by atoms with E-state index in [0.29, 0.717) is 23.0 Å². The zero-order chi connectivity index (χ0) is 18.8. The van der Waals surface area contributed by atoms with Gasteiger partial charge < -0.3 is 4.90 Å². The summed E-state index contributed by atoms with van der Waals surface area (Å²) in [5, 5.41) is 4.25. The number of carbonyl (C=O) groups is 2. The molecule has 27 heavy (non-hydrogen) atoms. The third-order valence-electron chi connectivity index (χ3n) is 4.07. The van der Waals surface area contributed by atoms with E-state index in [-0.39, 0.29) is 11.8 Å². The summed E-state index contributed by atoms with van der Waals surface area (Å²) in [6, 6.07) is 11.0. The molecule has 1 aliphatic heterocycles. The molecule has 2 amide bonds. The molecule has 0 saturated heterocycles. The summed E-state index contributed by atoms with van der Waals surface area (Å²) in [7, 11) is 0. The van der Waals surface area contributed by atoms with Crippen molar-refractivity contribution in [3.05, 3.63) is 64.8 Å². The van der Waals surface area contributed by atoms with Crippen LogP contribution >= 0.6 is 23.1 Å². The number of rotatable bonds is 4. The van der Waals surface area contributed by atoms with Crippen molar-refractivity contribution in [2.75, 3.05) is 16.0 Å². The highest BCUT2D eigenvalue weighted by molar-refractivity contribution is 8.00. The molecule has 0 aliphatic carbocycles. The van der Waals surface area contributed by atoms with Crippen LogP contribution in [0.1, 0.15) is 20.8 Å². The van der Waals surface area contributed by atoms with Gasteiger partial charge in [-0.1, -0.05) is 23.9 Å². The highest BCUT2D eigenvalue weighted by Crippen LogP contribution is 2.34. The van der Waals surface area contributed by atoms with Crippen molar-refractivity contribution >= 4 is 45.7 Å². The maximum atomic E-state index is 12.3. The van der Waals surface area contributed by atoms with E-state index in [9.17, 15) is 9.59 Å². The number of nitrogens with one attached hydrogen (secondary N) is 1. The number of anilines is 2.